The van der Waals surface area contributed by atoms with Gasteiger partial charge in [0.15, 0.2) is 0 Å². The number of likely N-dealkylation sites (tertiary alicyclic amines) is 2. The van der Waals surface area contributed by atoms with Crippen molar-refractivity contribution in [1.29, 1.82) is 0 Å². The van der Waals surface area contributed by atoms with E-state index in [9.17, 15) is 22.2 Å². The second-order valence-corrected chi connectivity index (χ2v) is 7.19. The second kappa shape index (κ2) is 6.36. The molecular weight excluding hydrogens is 287 g/mol. The van der Waals surface area contributed by atoms with E-state index in [-0.39, 0.29) is 25.0 Å². The first-order valence-corrected chi connectivity index (χ1v) is 8.42. The van der Waals surface area contributed by atoms with Gasteiger partial charge in [-0.05, 0) is 25.8 Å². The zero-order valence-electron chi connectivity index (χ0n) is 11.4. The van der Waals surface area contributed by atoms with Gasteiger partial charge in [0.1, 0.15) is 5.25 Å². The molecule has 0 aromatic carbocycles. The van der Waals surface area contributed by atoms with Crippen LogP contribution in [0.3, 0.4) is 0 Å². The molecule has 2 aliphatic rings. The minimum atomic E-state index is -4.62. The molecule has 2 aliphatic heterocycles. The highest BCUT2D eigenvalue weighted by Gasteiger charge is 2.38. The highest BCUT2D eigenvalue weighted by atomic mass is 32.3. The standard InChI is InChI=1S/C12H21FN2O4S/c13-20(18,19)11-8-12(17)15(9-11)5-1-4-14-6-2-10(16)3-7-14/h10-11,16H,1-9H2. The summed E-state index contributed by atoms with van der Waals surface area (Å²) in [5, 5.41) is 8.20. The van der Waals surface area contributed by atoms with Crippen molar-refractivity contribution < 1.29 is 22.2 Å². The fourth-order valence-electron chi connectivity index (χ4n) is 2.77. The molecule has 0 saturated carbocycles. The van der Waals surface area contributed by atoms with Crippen LogP contribution in [0.15, 0.2) is 0 Å². The number of piperidine rings is 1. The molecule has 0 spiro atoms. The van der Waals surface area contributed by atoms with Crippen LogP contribution in [-0.4, -0.2) is 73.3 Å². The van der Waals surface area contributed by atoms with Crippen LogP contribution in [-0.2, 0) is 15.0 Å². The lowest BCUT2D eigenvalue weighted by atomic mass is 10.1. The molecule has 1 atom stereocenters. The lowest BCUT2D eigenvalue weighted by molar-refractivity contribution is -0.127. The number of nitrogens with zero attached hydrogens (tertiary/aromatic N) is 2. The van der Waals surface area contributed by atoms with E-state index in [2.05, 4.69) is 4.90 Å². The number of aliphatic hydroxyl groups excluding tert-OH is 1. The summed E-state index contributed by atoms with van der Waals surface area (Å²) in [6.07, 6.45) is 1.83. The molecule has 20 heavy (non-hydrogen) atoms. The van der Waals surface area contributed by atoms with E-state index in [1.807, 2.05) is 0 Å². The molecule has 2 fully saturated rings. The van der Waals surface area contributed by atoms with Crippen LogP contribution in [0, 0.1) is 0 Å². The largest absolute Gasteiger partial charge is 0.393 e. The minimum Gasteiger partial charge on any atom is -0.393 e. The molecule has 0 radical (unpaired) electrons. The van der Waals surface area contributed by atoms with E-state index >= 15 is 0 Å². The van der Waals surface area contributed by atoms with E-state index in [0.717, 1.165) is 38.9 Å². The Kier molecular flexibility index (Phi) is 4.98. The summed E-state index contributed by atoms with van der Waals surface area (Å²) in [6, 6.07) is 0. The summed E-state index contributed by atoms with van der Waals surface area (Å²) in [4.78, 5) is 15.3. The van der Waals surface area contributed by atoms with Crippen molar-refractivity contribution in [2.45, 2.75) is 37.0 Å². The fourth-order valence-corrected chi connectivity index (χ4v) is 3.47. The van der Waals surface area contributed by atoms with Crippen molar-refractivity contribution in [3.8, 4) is 0 Å². The van der Waals surface area contributed by atoms with Crippen molar-refractivity contribution in [3.05, 3.63) is 0 Å². The Bertz CT molecular complexity index is 448. The predicted octanol–water partition coefficient (Wildman–Crippen LogP) is -0.267. The van der Waals surface area contributed by atoms with Gasteiger partial charge in [-0.25, -0.2) is 0 Å². The number of rotatable bonds is 5. The molecule has 8 heteroatoms. The molecule has 0 aromatic heterocycles. The molecule has 116 valence electrons. The van der Waals surface area contributed by atoms with Gasteiger partial charge in [0.2, 0.25) is 5.91 Å². The summed E-state index contributed by atoms with van der Waals surface area (Å²) in [6.45, 7) is 2.93. The number of aliphatic hydroxyl groups is 1. The van der Waals surface area contributed by atoms with E-state index < -0.39 is 15.5 Å². The molecule has 2 rings (SSSR count). The van der Waals surface area contributed by atoms with Crippen LogP contribution in [0.25, 0.3) is 0 Å². The van der Waals surface area contributed by atoms with Crippen LogP contribution in [0.2, 0.25) is 0 Å². The van der Waals surface area contributed by atoms with Crippen LogP contribution < -0.4 is 0 Å². The van der Waals surface area contributed by atoms with E-state index in [4.69, 9.17) is 0 Å². The van der Waals surface area contributed by atoms with Gasteiger partial charge in [-0.3, -0.25) is 4.79 Å². The van der Waals surface area contributed by atoms with Gasteiger partial charge in [0, 0.05) is 32.6 Å². The van der Waals surface area contributed by atoms with E-state index in [1.54, 1.807) is 0 Å². The zero-order chi connectivity index (χ0) is 14.8. The molecule has 1 unspecified atom stereocenters. The number of halogens is 1. The van der Waals surface area contributed by atoms with E-state index in [0.29, 0.717) is 6.54 Å². The third-order valence-corrected chi connectivity index (χ3v) is 5.15. The van der Waals surface area contributed by atoms with Gasteiger partial charge in [0.25, 0.3) is 0 Å². The molecule has 0 aromatic rings. The van der Waals surface area contributed by atoms with Crippen molar-refractivity contribution in [2.75, 3.05) is 32.7 Å². The van der Waals surface area contributed by atoms with Crippen molar-refractivity contribution in [1.82, 2.24) is 9.80 Å². The van der Waals surface area contributed by atoms with Crippen molar-refractivity contribution in [3.63, 3.8) is 0 Å². The summed E-state index contributed by atoms with van der Waals surface area (Å²) in [5.41, 5.74) is 0. The first-order chi connectivity index (χ1) is 9.36. The maximum atomic E-state index is 12.9. The van der Waals surface area contributed by atoms with Gasteiger partial charge in [0.05, 0.1) is 6.10 Å². The normalized spacial score (nSPS) is 26.4. The Hall–Kier alpha value is -0.730. The SMILES string of the molecule is O=C1CC(S(=O)(=O)F)CN1CCCN1CCC(O)CC1. The Balaban J connectivity index is 1.71. The topological polar surface area (TPSA) is 77.9 Å². The van der Waals surface area contributed by atoms with Gasteiger partial charge in [-0.2, -0.15) is 8.42 Å². The lowest BCUT2D eigenvalue weighted by Crippen LogP contribution is -2.38. The average Bonchev–Trinajstić information content (AvgIpc) is 2.74. The quantitative estimate of drug-likeness (QED) is 0.708. The summed E-state index contributed by atoms with van der Waals surface area (Å²) >= 11 is 0. The van der Waals surface area contributed by atoms with Crippen molar-refractivity contribution in [2.24, 2.45) is 0 Å². The van der Waals surface area contributed by atoms with E-state index in [1.165, 1.54) is 4.90 Å². The zero-order valence-corrected chi connectivity index (χ0v) is 12.2. The molecule has 2 heterocycles. The maximum absolute atomic E-state index is 12.9. The van der Waals surface area contributed by atoms with Gasteiger partial charge in [-0.15, -0.1) is 3.89 Å². The molecule has 1 N–H and O–H groups in total. The summed E-state index contributed by atoms with van der Waals surface area (Å²) in [5.74, 6) is -0.287. The molecule has 0 aliphatic carbocycles. The number of carbonyl (C=O) groups excluding carboxylic acids is 1. The van der Waals surface area contributed by atoms with Crippen LogP contribution >= 0.6 is 0 Å². The monoisotopic (exact) mass is 308 g/mol. The number of hydrogen-bond donors (Lipinski definition) is 1. The summed E-state index contributed by atoms with van der Waals surface area (Å²) < 4.78 is 34.4. The third-order valence-electron chi connectivity index (χ3n) is 4.04. The Morgan fingerprint density at radius 1 is 1.25 bits per heavy atom. The minimum absolute atomic E-state index is 0.0314. The number of carbonyl (C=O) groups is 1. The maximum Gasteiger partial charge on any atom is 0.307 e. The second-order valence-electron chi connectivity index (χ2n) is 5.57. The molecule has 0 bridgehead atoms. The Morgan fingerprint density at radius 3 is 2.45 bits per heavy atom. The highest BCUT2D eigenvalue weighted by molar-refractivity contribution is 7.87. The predicted molar refractivity (Wildman–Crippen MR) is 71.3 cm³/mol. The van der Waals surface area contributed by atoms with Crippen LogP contribution in [0.5, 0.6) is 0 Å². The smallest absolute Gasteiger partial charge is 0.307 e. The molecule has 2 saturated heterocycles. The van der Waals surface area contributed by atoms with Crippen molar-refractivity contribution >= 4 is 16.1 Å². The molecular formula is C12H21FN2O4S. The van der Waals surface area contributed by atoms with Gasteiger partial charge < -0.3 is 14.9 Å². The lowest BCUT2D eigenvalue weighted by Gasteiger charge is -2.29. The number of hydrogen-bond acceptors (Lipinski definition) is 5. The Labute approximate surface area is 118 Å². The fraction of sp³-hybridized carbons (Fsp3) is 0.917. The molecule has 1 amide bonds. The molecule has 6 nitrogen and oxygen atoms in total. The van der Waals surface area contributed by atoms with Gasteiger partial charge in [-0.1, -0.05) is 0 Å². The number of amides is 1. The first kappa shape index (κ1) is 15.7. The van der Waals surface area contributed by atoms with Crippen LogP contribution in [0.1, 0.15) is 25.7 Å². The summed E-state index contributed by atoms with van der Waals surface area (Å²) in [7, 11) is -4.62. The van der Waals surface area contributed by atoms with Crippen LogP contribution in [0.4, 0.5) is 3.89 Å². The van der Waals surface area contributed by atoms with Gasteiger partial charge >= 0.3 is 10.2 Å². The third kappa shape index (κ3) is 4.13. The Morgan fingerprint density at radius 2 is 1.90 bits per heavy atom. The highest BCUT2D eigenvalue weighted by Crippen LogP contribution is 2.20. The first-order valence-electron chi connectivity index (χ1n) is 6.98. The average molecular weight is 308 g/mol.